The van der Waals surface area contributed by atoms with Gasteiger partial charge in [0, 0.05) is 13.1 Å². The largest absolute Gasteiger partial charge is 0.382 e. The number of anilines is 1. The summed E-state index contributed by atoms with van der Waals surface area (Å²) in [5.74, 6) is 0.395. The number of nitrogens with two attached hydrogens (primary N) is 2. The summed E-state index contributed by atoms with van der Waals surface area (Å²) in [4.78, 5) is 12.2. The quantitative estimate of drug-likeness (QED) is 0.653. The average Bonchev–Trinajstić information content (AvgIpc) is 2.70. The monoisotopic (exact) mass is 222 g/mol. The van der Waals surface area contributed by atoms with E-state index in [9.17, 15) is 0 Å². The molecule has 0 spiro atoms. The topological polar surface area (TPSA) is 105 Å². The highest BCUT2D eigenvalue weighted by Crippen LogP contribution is 2.13. The fourth-order valence-corrected chi connectivity index (χ4v) is 1.41. The van der Waals surface area contributed by atoms with Crippen LogP contribution in [0.15, 0.2) is 12.7 Å². The number of ether oxygens (including phenoxy) is 1. The normalized spacial score (nSPS) is 11.1. The van der Waals surface area contributed by atoms with Gasteiger partial charge in [0.05, 0.1) is 19.5 Å². The van der Waals surface area contributed by atoms with Crippen molar-refractivity contribution >= 4 is 17.0 Å². The Labute approximate surface area is 92.4 Å². The van der Waals surface area contributed by atoms with Gasteiger partial charge in [0.15, 0.2) is 11.5 Å². The van der Waals surface area contributed by atoms with Gasteiger partial charge in [0.1, 0.15) is 11.8 Å². The zero-order valence-corrected chi connectivity index (χ0v) is 8.83. The second-order valence-corrected chi connectivity index (χ2v) is 3.27. The summed E-state index contributed by atoms with van der Waals surface area (Å²) in [7, 11) is 0. The van der Waals surface area contributed by atoms with Crippen LogP contribution in [0.1, 0.15) is 0 Å². The SMILES string of the molecule is NCCOCCn1cnc2c(N)ncnc21. The van der Waals surface area contributed by atoms with Gasteiger partial charge in [0.25, 0.3) is 0 Å². The third-order valence-corrected chi connectivity index (χ3v) is 2.17. The third-order valence-electron chi connectivity index (χ3n) is 2.17. The summed E-state index contributed by atoms with van der Waals surface area (Å²) < 4.78 is 7.17. The number of imidazole rings is 1. The van der Waals surface area contributed by atoms with E-state index in [1.165, 1.54) is 6.33 Å². The van der Waals surface area contributed by atoms with Crippen molar-refractivity contribution < 1.29 is 4.74 Å². The Kier molecular flexibility index (Phi) is 3.28. The van der Waals surface area contributed by atoms with E-state index in [0.717, 1.165) is 5.65 Å². The third kappa shape index (κ3) is 2.10. The van der Waals surface area contributed by atoms with E-state index in [1.54, 1.807) is 6.33 Å². The molecule has 2 aromatic heterocycles. The number of rotatable bonds is 5. The number of hydrogen-bond donors (Lipinski definition) is 2. The van der Waals surface area contributed by atoms with E-state index < -0.39 is 0 Å². The summed E-state index contributed by atoms with van der Waals surface area (Å²) in [5, 5.41) is 0. The number of hydrogen-bond acceptors (Lipinski definition) is 6. The van der Waals surface area contributed by atoms with E-state index in [2.05, 4.69) is 15.0 Å². The number of nitrogens with zero attached hydrogens (tertiary/aromatic N) is 4. The molecule has 86 valence electrons. The van der Waals surface area contributed by atoms with Crippen LogP contribution in [0.3, 0.4) is 0 Å². The first-order chi connectivity index (χ1) is 7.83. The van der Waals surface area contributed by atoms with Gasteiger partial charge in [-0.2, -0.15) is 0 Å². The second kappa shape index (κ2) is 4.86. The van der Waals surface area contributed by atoms with Gasteiger partial charge in [-0.1, -0.05) is 0 Å². The summed E-state index contributed by atoms with van der Waals surface area (Å²) >= 11 is 0. The molecule has 16 heavy (non-hydrogen) atoms. The molecule has 0 saturated carbocycles. The molecule has 0 unspecified atom stereocenters. The molecule has 2 aromatic rings. The maximum atomic E-state index is 5.67. The van der Waals surface area contributed by atoms with Crippen molar-refractivity contribution in [3.8, 4) is 0 Å². The zero-order chi connectivity index (χ0) is 11.4. The molecule has 7 nitrogen and oxygen atoms in total. The van der Waals surface area contributed by atoms with Gasteiger partial charge >= 0.3 is 0 Å². The molecule has 0 fully saturated rings. The lowest BCUT2D eigenvalue weighted by atomic mass is 10.5. The van der Waals surface area contributed by atoms with Crippen molar-refractivity contribution in [3.63, 3.8) is 0 Å². The molecule has 0 saturated heterocycles. The molecule has 7 heteroatoms. The number of nitrogen functional groups attached to an aromatic ring is 1. The van der Waals surface area contributed by atoms with Crippen LogP contribution in [0, 0.1) is 0 Å². The van der Waals surface area contributed by atoms with Crippen LogP contribution in [-0.4, -0.2) is 39.3 Å². The van der Waals surface area contributed by atoms with Crippen LogP contribution in [0.2, 0.25) is 0 Å². The van der Waals surface area contributed by atoms with Crippen LogP contribution in [0.5, 0.6) is 0 Å². The van der Waals surface area contributed by atoms with Gasteiger partial charge in [-0.25, -0.2) is 15.0 Å². The smallest absolute Gasteiger partial charge is 0.165 e. The Hall–Kier alpha value is -1.73. The lowest BCUT2D eigenvalue weighted by molar-refractivity contribution is 0.134. The molecule has 0 amide bonds. The first kappa shape index (κ1) is 10.8. The fraction of sp³-hybridized carbons (Fsp3) is 0.444. The highest BCUT2D eigenvalue weighted by Gasteiger charge is 2.06. The predicted octanol–water partition coefficient (Wildman–Crippen LogP) is -0.616. The highest BCUT2D eigenvalue weighted by atomic mass is 16.5. The van der Waals surface area contributed by atoms with Crippen molar-refractivity contribution in [3.05, 3.63) is 12.7 Å². The van der Waals surface area contributed by atoms with Crippen LogP contribution < -0.4 is 11.5 Å². The molecule has 0 bridgehead atoms. The minimum atomic E-state index is 0.395. The fourth-order valence-electron chi connectivity index (χ4n) is 1.41. The van der Waals surface area contributed by atoms with Crippen LogP contribution in [-0.2, 0) is 11.3 Å². The molecule has 2 heterocycles. The molecule has 0 aliphatic heterocycles. The predicted molar refractivity (Wildman–Crippen MR) is 59.6 cm³/mol. The molecule has 0 radical (unpaired) electrons. The Balaban J connectivity index is 2.10. The van der Waals surface area contributed by atoms with Crippen molar-refractivity contribution in [1.29, 1.82) is 0 Å². The molecule has 0 aliphatic carbocycles. The molecule has 0 aliphatic rings. The first-order valence-electron chi connectivity index (χ1n) is 5.02. The highest BCUT2D eigenvalue weighted by molar-refractivity contribution is 5.80. The average molecular weight is 222 g/mol. The molecular weight excluding hydrogens is 208 g/mol. The minimum absolute atomic E-state index is 0.395. The summed E-state index contributed by atoms with van der Waals surface area (Å²) in [6.07, 6.45) is 3.11. The van der Waals surface area contributed by atoms with Crippen molar-refractivity contribution in [1.82, 2.24) is 19.5 Å². The minimum Gasteiger partial charge on any atom is -0.382 e. The maximum absolute atomic E-state index is 5.67. The molecule has 2 rings (SSSR count). The number of aromatic nitrogens is 4. The van der Waals surface area contributed by atoms with E-state index in [1.807, 2.05) is 4.57 Å². The Bertz CT molecular complexity index is 468. The standard InChI is InChI=1S/C9H14N6O/c10-1-3-16-4-2-15-6-14-7-8(11)12-5-13-9(7)15/h5-6H,1-4,10H2,(H2,11,12,13). The van der Waals surface area contributed by atoms with Gasteiger partial charge in [-0.3, -0.25) is 0 Å². The molecule has 0 aromatic carbocycles. The first-order valence-corrected chi connectivity index (χ1v) is 5.02. The van der Waals surface area contributed by atoms with E-state index >= 15 is 0 Å². The van der Waals surface area contributed by atoms with Crippen LogP contribution >= 0.6 is 0 Å². The van der Waals surface area contributed by atoms with E-state index in [-0.39, 0.29) is 0 Å². The van der Waals surface area contributed by atoms with Crippen molar-refractivity contribution in [2.24, 2.45) is 5.73 Å². The van der Waals surface area contributed by atoms with Gasteiger partial charge < -0.3 is 20.8 Å². The van der Waals surface area contributed by atoms with E-state index in [4.69, 9.17) is 16.2 Å². The Morgan fingerprint density at radius 3 is 2.94 bits per heavy atom. The maximum Gasteiger partial charge on any atom is 0.165 e. The van der Waals surface area contributed by atoms with Crippen LogP contribution in [0.25, 0.3) is 11.2 Å². The van der Waals surface area contributed by atoms with Crippen LogP contribution in [0.4, 0.5) is 5.82 Å². The van der Waals surface area contributed by atoms with Gasteiger partial charge in [-0.15, -0.1) is 0 Å². The van der Waals surface area contributed by atoms with Gasteiger partial charge in [0.2, 0.25) is 0 Å². The van der Waals surface area contributed by atoms with Gasteiger partial charge in [-0.05, 0) is 0 Å². The van der Waals surface area contributed by atoms with Crippen molar-refractivity contribution in [2.75, 3.05) is 25.5 Å². The summed E-state index contributed by atoms with van der Waals surface area (Å²) in [5.41, 5.74) is 12.3. The molecule has 4 N–H and O–H groups in total. The Morgan fingerprint density at radius 2 is 2.12 bits per heavy atom. The van der Waals surface area contributed by atoms with Crippen molar-refractivity contribution in [2.45, 2.75) is 6.54 Å². The zero-order valence-electron chi connectivity index (χ0n) is 8.83. The second-order valence-electron chi connectivity index (χ2n) is 3.27. The molecule has 0 atom stereocenters. The lowest BCUT2D eigenvalue weighted by Crippen LogP contribution is -2.12. The van der Waals surface area contributed by atoms with E-state index in [0.29, 0.717) is 37.6 Å². The lowest BCUT2D eigenvalue weighted by Gasteiger charge is -2.04. The molecular formula is C9H14N6O. The summed E-state index contributed by atoms with van der Waals surface area (Å²) in [6, 6.07) is 0. The Morgan fingerprint density at radius 1 is 1.25 bits per heavy atom. The number of fused-ring (bicyclic) bond motifs is 1. The summed E-state index contributed by atoms with van der Waals surface area (Å²) in [6.45, 7) is 2.34.